The van der Waals surface area contributed by atoms with Gasteiger partial charge in [0.05, 0.1) is 6.04 Å². The van der Waals surface area contributed by atoms with Gasteiger partial charge >= 0.3 is 0 Å². The van der Waals surface area contributed by atoms with Crippen molar-refractivity contribution in [3.63, 3.8) is 0 Å². The van der Waals surface area contributed by atoms with Crippen LogP contribution in [0.25, 0.3) is 0 Å². The van der Waals surface area contributed by atoms with Crippen LogP contribution in [0.5, 0.6) is 5.75 Å². The number of nitrogens with zero attached hydrogens (tertiary/aromatic N) is 3. The van der Waals surface area contributed by atoms with Crippen molar-refractivity contribution in [1.82, 2.24) is 9.97 Å². The van der Waals surface area contributed by atoms with Crippen LogP contribution in [0.4, 0.5) is 11.8 Å². The lowest BCUT2D eigenvalue weighted by molar-refractivity contribution is 0.288. The normalized spacial score (nSPS) is 17.5. The number of nitrogens with two attached hydrogens (primary N) is 1. The molecular weight excluding hydrogens is 356 g/mol. The SMILES string of the molecule is Cc1nc(N)nc(N2CCC[C@H]2COc2ccc(Br)cc2)c1C. The van der Waals surface area contributed by atoms with Crippen LogP contribution in [-0.4, -0.2) is 29.2 Å². The summed E-state index contributed by atoms with van der Waals surface area (Å²) in [4.78, 5) is 11.0. The fourth-order valence-electron chi connectivity index (χ4n) is 2.93. The van der Waals surface area contributed by atoms with E-state index >= 15 is 0 Å². The Balaban J connectivity index is 1.74. The standard InChI is InChI=1S/C17H21BrN4O/c1-11-12(2)20-17(19)21-16(11)22-9-3-4-14(22)10-23-15-7-5-13(18)6-8-15/h5-8,14H,3-4,9-10H2,1-2H3,(H2,19,20,21)/t14-/m0/s1. The number of nitrogen functional groups attached to an aromatic ring is 1. The van der Waals surface area contributed by atoms with E-state index in [4.69, 9.17) is 10.5 Å². The van der Waals surface area contributed by atoms with Gasteiger partial charge in [-0.05, 0) is 51.0 Å². The van der Waals surface area contributed by atoms with E-state index in [0.29, 0.717) is 18.6 Å². The summed E-state index contributed by atoms with van der Waals surface area (Å²) in [6.07, 6.45) is 2.23. The highest BCUT2D eigenvalue weighted by Crippen LogP contribution is 2.29. The average molecular weight is 377 g/mol. The maximum atomic E-state index is 5.96. The number of aryl methyl sites for hydroxylation is 1. The van der Waals surface area contributed by atoms with Crippen LogP contribution in [0.1, 0.15) is 24.1 Å². The first-order valence-electron chi connectivity index (χ1n) is 7.80. The number of aromatic nitrogens is 2. The molecule has 1 saturated heterocycles. The average Bonchev–Trinajstić information content (AvgIpc) is 2.98. The van der Waals surface area contributed by atoms with E-state index in [0.717, 1.165) is 46.7 Å². The smallest absolute Gasteiger partial charge is 0.222 e. The third-order valence-corrected chi connectivity index (χ3v) is 4.81. The van der Waals surface area contributed by atoms with Crippen LogP contribution < -0.4 is 15.4 Å². The molecular formula is C17H21BrN4O. The Labute approximate surface area is 145 Å². The van der Waals surface area contributed by atoms with Crippen molar-refractivity contribution in [2.45, 2.75) is 32.7 Å². The molecule has 5 nitrogen and oxygen atoms in total. The highest BCUT2D eigenvalue weighted by Gasteiger charge is 2.28. The fourth-order valence-corrected chi connectivity index (χ4v) is 3.19. The third kappa shape index (κ3) is 3.58. The first kappa shape index (κ1) is 16.1. The molecule has 1 fully saturated rings. The molecule has 1 aromatic carbocycles. The van der Waals surface area contributed by atoms with E-state index in [2.05, 4.69) is 37.7 Å². The molecule has 2 N–H and O–H groups in total. The molecule has 0 amide bonds. The molecule has 2 aromatic rings. The minimum absolute atomic E-state index is 0.311. The van der Waals surface area contributed by atoms with Gasteiger partial charge in [0, 0.05) is 22.3 Å². The highest BCUT2D eigenvalue weighted by atomic mass is 79.9. The van der Waals surface area contributed by atoms with Crippen molar-refractivity contribution in [2.24, 2.45) is 0 Å². The summed E-state index contributed by atoms with van der Waals surface area (Å²) in [6.45, 7) is 5.64. The molecule has 2 heterocycles. The van der Waals surface area contributed by atoms with Crippen molar-refractivity contribution < 1.29 is 4.74 Å². The van der Waals surface area contributed by atoms with Gasteiger partial charge in [0.15, 0.2) is 0 Å². The second kappa shape index (κ2) is 6.74. The largest absolute Gasteiger partial charge is 0.491 e. The van der Waals surface area contributed by atoms with Gasteiger partial charge in [-0.1, -0.05) is 15.9 Å². The molecule has 0 bridgehead atoms. The Hall–Kier alpha value is -1.82. The number of halogens is 1. The van der Waals surface area contributed by atoms with E-state index < -0.39 is 0 Å². The molecule has 1 aromatic heterocycles. The minimum atomic E-state index is 0.311. The summed E-state index contributed by atoms with van der Waals surface area (Å²) in [6, 6.07) is 8.23. The predicted octanol–water partition coefficient (Wildman–Crippen LogP) is 3.49. The van der Waals surface area contributed by atoms with Crippen LogP contribution in [-0.2, 0) is 0 Å². The van der Waals surface area contributed by atoms with Gasteiger partial charge < -0.3 is 15.4 Å². The zero-order valence-electron chi connectivity index (χ0n) is 13.4. The van der Waals surface area contributed by atoms with Crippen LogP contribution in [0.15, 0.2) is 28.7 Å². The molecule has 0 radical (unpaired) electrons. The summed E-state index contributed by atoms with van der Waals surface area (Å²) in [5, 5.41) is 0. The second-order valence-corrected chi connectivity index (χ2v) is 6.79. The Kier molecular flexibility index (Phi) is 4.71. The Bertz CT molecular complexity index is 690. The lowest BCUT2D eigenvalue weighted by Gasteiger charge is -2.27. The summed E-state index contributed by atoms with van der Waals surface area (Å²) >= 11 is 3.43. The molecule has 0 spiro atoms. The van der Waals surface area contributed by atoms with Crippen molar-refractivity contribution in [3.05, 3.63) is 40.0 Å². The van der Waals surface area contributed by atoms with Gasteiger partial charge in [-0.25, -0.2) is 4.98 Å². The molecule has 3 rings (SSSR count). The lowest BCUT2D eigenvalue weighted by atomic mass is 10.2. The topological polar surface area (TPSA) is 64.3 Å². The fraction of sp³-hybridized carbons (Fsp3) is 0.412. The van der Waals surface area contributed by atoms with Crippen molar-refractivity contribution in [2.75, 3.05) is 23.8 Å². The second-order valence-electron chi connectivity index (χ2n) is 5.87. The number of anilines is 2. The van der Waals surface area contributed by atoms with E-state index in [9.17, 15) is 0 Å². The summed E-state index contributed by atoms with van der Waals surface area (Å²) in [5.41, 5.74) is 7.87. The maximum Gasteiger partial charge on any atom is 0.222 e. The molecule has 122 valence electrons. The molecule has 1 aliphatic heterocycles. The van der Waals surface area contributed by atoms with E-state index in [1.54, 1.807) is 0 Å². The van der Waals surface area contributed by atoms with Crippen LogP contribution in [0.2, 0.25) is 0 Å². The Morgan fingerprint density at radius 1 is 1.26 bits per heavy atom. The first-order valence-corrected chi connectivity index (χ1v) is 8.59. The van der Waals surface area contributed by atoms with E-state index in [1.807, 2.05) is 31.2 Å². The number of hydrogen-bond donors (Lipinski definition) is 1. The highest BCUT2D eigenvalue weighted by molar-refractivity contribution is 9.10. The molecule has 6 heteroatoms. The minimum Gasteiger partial charge on any atom is -0.491 e. The first-order chi connectivity index (χ1) is 11.0. The van der Waals surface area contributed by atoms with Gasteiger partial charge in [0.25, 0.3) is 0 Å². The summed E-state index contributed by atoms with van der Waals surface area (Å²) < 4.78 is 7.01. The Morgan fingerprint density at radius 3 is 2.74 bits per heavy atom. The number of benzene rings is 1. The van der Waals surface area contributed by atoms with Crippen molar-refractivity contribution in [1.29, 1.82) is 0 Å². The van der Waals surface area contributed by atoms with Gasteiger partial charge in [-0.2, -0.15) is 4.98 Å². The number of ether oxygens (including phenoxy) is 1. The number of hydrogen-bond acceptors (Lipinski definition) is 5. The van der Waals surface area contributed by atoms with Gasteiger partial charge in [0.1, 0.15) is 18.2 Å². The Morgan fingerprint density at radius 2 is 2.00 bits per heavy atom. The predicted molar refractivity (Wildman–Crippen MR) is 95.9 cm³/mol. The molecule has 0 aliphatic carbocycles. The maximum absolute atomic E-state index is 5.96. The zero-order valence-corrected chi connectivity index (χ0v) is 15.0. The van der Waals surface area contributed by atoms with Crippen LogP contribution >= 0.6 is 15.9 Å². The molecule has 0 unspecified atom stereocenters. The van der Waals surface area contributed by atoms with E-state index in [1.165, 1.54) is 0 Å². The molecule has 23 heavy (non-hydrogen) atoms. The molecule has 0 saturated carbocycles. The van der Waals surface area contributed by atoms with Crippen LogP contribution in [0.3, 0.4) is 0 Å². The zero-order chi connectivity index (χ0) is 16.4. The van der Waals surface area contributed by atoms with Crippen LogP contribution in [0, 0.1) is 13.8 Å². The molecule has 1 atom stereocenters. The lowest BCUT2D eigenvalue weighted by Crippen LogP contribution is -2.35. The van der Waals surface area contributed by atoms with Gasteiger partial charge in [-0.15, -0.1) is 0 Å². The van der Waals surface area contributed by atoms with Gasteiger partial charge in [0.2, 0.25) is 5.95 Å². The number of rotatable bonds is 4. The molecule has 1 aliphatic rings. The van der Waals surface area contributed by atoms with Gasteiger partial charge in [-0.3, -0.25) is 0 Å². The summed E-state index contributed by atoms with van der Waals surface area (Å²) in [7, 11) is 0. The van der Waals surface area contributed by atoms with E-state index in [-0.39, 0.29) is 0 Å². The monoisotopic (exact) mass is 376 g/mol. The quantitative estimate of drug-likeness (QED) is 0.884. The van der Waals surface area contributed by atoms with Crippen molar-refractivity contribution >= 4 is 27.7 Å². The van der Waals surface area contributed by atoms with Crippen molar-refractivity contribution in [3.8, 4) is 5.75 Å². The summed E-state index contributed by atoms with van der Waals surface area (Å²) in [5.74, 6) is 2.16. The third-order valence-electron chi connectivity index (χ3n) is 4.29.